The minimum atomic E-state index is -0.731. The molecular formula is C32H40N4O5. The molecule has 0 saturated carbocycles. The van der Waals surface area contributed by atoms with E-state index in [0.29, 0.717) is 37.4 Å². The molecule has 0 aromatic heterocycles. The highest BCUT2D eigenvalue weighted by atomic mass is 16.7. The van der Waals surface area contributed by atoms with Crippen LogP contribution in [0.1, 0.15) is 28.4 Å². The summed E-state index contributed by atoms with van der Waals surface area (Å²) >= 11 is 0. The number of nitrogens with one attached hydrogen (secondary N) is 2. The second-order valence-corrected chi connectivity index (χ2v) is 10.6. The van der Waals surface area contributed by atoms with Crippen molar-refractivity contribution in [2.45, 2.75) is 32.0 Å². The number of hydrogen-bond acceptors (Lipinski definition) is 7. The fourth-order valence-electron chi connectivity index (χ4n) is 4.97. The number of likely N-dealkylation sites (N-methyl/N-ethyl adjacent to an activating group) is 1. The van der Waals surface area contributed by atoms with Crippen molar-refractivity contribution in [3.05, 3.63) is 83.4 Å². The molecule has 3 aromatic rings. The molecule has 41 heavy (non-hydrogen) atoms. The average molecular weight is 561 g/mol. The number of aliphatic hydroxyl groups excluding tert-OH is 1. The summed E-state index contributed by atoms with van der Waals surface area (Å²) in [6, 6.07) is 20.4. The summed E-state index contributed by atoms with van der Waals surface area (Å²) in [4.78, 5) is 34.0. The van der Waals surface area contributed by atoms with Crippen molar-refractivity contribution < 1.29 is 24.3 Å². The Balaban J connectivity index is 1.64. The first-order valence-corrected chi connectivity index (χ1v) is 13.8. The number of nitrogens with zero attached hydrogens (tertiary/aromatic N) is 2. The first kappa shape index (κ1) is 30.0. The third-order valence-electron chi connectivity index (χ3n) is 7.40. The van der Waals surface area contributed by atoms with Crippen LogP contribution in [0, 0.1) is 5.92 Å². The average Bonchev–Trinajstić information content (AvgIpc) is 3.45. The van der Waals surface area contributed by atoms with Gasteiger partial charge in [0.1, 0.15) is 11.8 Å². The van der Waals surface area contributed by atoms with Gasteiger partial charge in [0.25, 0.3) is 5.91 Å². The van der Waals surface area contributed by atoms with Gasteiger partial charge in [0.15, 0.2) is 0 Å². The van der Waals surface area contributed by atoms with Crippen LogP contribution in [-0.4, -0.2) is 75.5 Å². The van der Waals surface area contributed by atoms with Gasteiger partial charge in [0.2, 0.25) is 5.91 Å². The number of aliphatic hydroxyl groups is 1. The van der Waals surface area contributed by atoms with E-state index in [1.165, 1.54) is 0 Å². The van der Waals surface area contributed by atoms with E-state index in [2.05, 4.69) is 10.6 Å². The molecule has 2 amide bonds. The van der Waals surface area contributed by atoms with E-state index in [-0.39, 0.29) is 17.7 Å². The van der Waals surface area contributed by atoms with Crippen LogP contribution in [-0.2, 0) is 22.6 Å². The molecule has 3 N–H and O–H groups in total. The van der Waals surface area contributed by atoms with Gasteiger partial charge in [-0.2, -0.15) is 5.06 Å². The zero-order chi connectivity index (χ0) is 29.5. The standard InChI is InChI=1S/C32H40N4O5/c1-21(37)26-19-36(41-20-26)18-23-12-9-13-28(30(23)40-5)24-15-25(17-27(16-24)35(3)4)31(38)34-29(32(39)33-2)14-22-10-7-6-8-11-22/h6-13,15-17,21,26,29,37H,14,18-20H2,1-5H3,(H,33,39)(H,34,38)/t21-,26-,29+/m0/s1. The van der Waals surface area contributed by atoms with E-state index in [4.69, 9.17) is 9.57 Å². The van der Waals surface area contributed by atoms with Gasteiger partial charge >= 0.3 is 0 Å². The van der Waals surface area contributed by atoms with Crippen molar-refractivity contribution in [2.24, 2.45) is 5.92 Å². The number of rotatable bonds is 11. The van der Waals surface area contributed by atoms with Crippen molar-refractivity contribution in [3.63, 3.8) is 0 Å². The fourth-order valence-corrected chi connectivity index (χ4v) is 4.97. The van der Waals surface area contributed by atoms with E-state index in [1.54, 1.807) is 21.1 Å². The zero-order valence-electron chi connectivity index (χ0n) is 24.4. The number of carbonyl (C=O) groups excluding carboxylic acids is 2. The Kier molecular flexibility index (Phi) is 9.99. The maximum atomic E-state index is 13.6. The Morgan fingerprint density at radius 1 is 1.12 bits per heavy atom. The lowest BCUT2D eigenvalue weighted by Gasteiger charge is -2.21. The lowest BCUT2D eigenvalue weighted by atomic mass is 9.97. The lowest BCUT2D eigenvalue weighted by Crippen LogP contribution is -2.47. The SMILES string of the molecule is CNC(=O)[C@@H](Cc1ccccc1)NC(=O)c1cc(-c2cccc(CN3C[C@H]([C@H](C)O)CO3)c2OC)cc(N(C)C)c1. The fraction of sp³-hybridized carbons (Fsp3) is 0.375. The lowest BCUT2D eigenvalue weighted by molar-refractivity contribution is -0.122. The minimum Gasteiger partial charge on any atom is -0.496 e. The second-order valence-electron chi connectivity index (χ2n) is 10.6. The van der Waals surface area contributed by atoms with E-state index in [0.717, 1.165) is 27.9 Å². The summed E-state index contributed by atoms with van der Waals surface area (Å²) in [7, 11) is 7.03. The Labute approximate surface area is 242 Å². The molecule has 1 aliphatic heterocycles. The maximum Gasteiger partial charge on any atom is 0.252 e. The van der Waals surface area contributed by atoms with Crippen LogP contribution in [0.3, 0.4) is 0 Å². The predicted molar refractivity (Wildman–Crippen MR) is 160 cm³/mol. The smallest absolute Gasteiger partial charge is 0.252 e. The van der Waals surface area contributed by atoms with Gasteiger partial charge in [0, 0.05) is 62.4 Å². The Morgan fingerprint density at radius 2 is 1.88 bits per heavy atom. The van der Waals surface area contributed by atoms with Crippen LogP contribution >= 0.6 is 0 Å². The minimum absolute atomic E-state index is 0.0579. The highest BCUT2D eigenvalue weighted by Crippen LogP contribution is 2.36. The summed E-state index contributed by atoms with van der Waals surface area (Å²) in [5.74, 6) is 0.139. The molecule has 0 bridgehead atoms. The van der Waals surface area contributed by atoms with Crippen molar-refractivity contribution >= 4 is 17.5 Å². The number of para-hydroxylation sites is 1. The summed E-state index contributed by atoms with van der Waals surface area (Å²) in [6.07, 6.45) is -0.0705. The van der Waals surface area contributed by atoms with E-state index in [1.807, 2.05) is 90.8 Å². The van der Waals surface area contributed by atoms with Gasteiger partial charge in [-0.1, -0.05) is 48.5 Å². The largest absolute Gasteiger partial charge is 0.496 e. The summed E-state index contributed by atoms with van der Waals surface area (Å²) in [5.41, 5.74) is 4.79. The summed E-state index contributed by atoms with van der Waals surface area (Å²) in [5, 5.41) is 17.4. The van der Waals surface area contributed by atoms with E-state index in [9.17, 15) is 14.7 Å². The van der Waals surface area contributed by atoms with Crippen LogP contribution in [0.4, 0.5) is 5.69 Å². The normalized spacial score (nSPS) is 16.6. The summed E-state index contributed by atoms with van der Waals surface area (Å²) in [6.45, 7) is 3.38. The molecule has 218 valence electrons. The molecule has 1 saturated heterocycles. The molecule has 9 nitrogen and oxygen atoms in total. The van der Waals surface area contributed by atoms with Crippen molar-refractivity contribution in [1.82, 2.24) is 15.7 Å². The van der Waals surface area contributed by atoms with Crippen LogP contribution in [0.2, 0.25) is 0 Å². The number of hydrogen-bond donors (Lipinski definition) is 3. The molecule has 0 unspecified atom stereocenters. The predicted octanol–water partition coefficient (Wildman–Crippen LogP) is 3.26. The summed E-state index contributed by atoms with van der Waals surface area (Å²) < 4.78 is 5.89. The first-order valence-electron chi connectivity index (χ1n) is 13.8. The number of carbonyl (C=O) groups is 2. The highest BCUT2D eigenvalue weighted by Gasteiger charge is 2.28. The van der Waals surface area contributed by atoms with Gasteiger partial charge in [-0.15, -0.1) is 0 Å². The monoisotopic (exact) mass is 560 g/mol. The molecule has 0 radical (unpaired) electrons. The highest BCUT2D eigenvalue weighted by molar-refractivity contribution is 5.99. The maximum absolute atomic E-state index is 13.6. The van der Waals surface area contributed by atoms with Crippen LogP contribution in [0.5, 0.6) is 5.75 Å². The number of amides is 2. The Bertz CT molecular complexity index is 1350. The second kappa shape index (κ2) is 13.6. The number of anilines is 1. The van der Waals surface area contributed by atoms with Crippen molar-refractivity contribution in [3.8, 4) is 16.9 Å². The van der Waals surface area contributed by atoms with E-state index >= 15 is 0 Å². The number of ether oxygens (including phenoxy) is 1. The van der Waals surface area contributed by atoms with Gasteiger partial charge in [0.05, 0.1) is 26.4 Å². The third-order valence-corrected chi connectivity index (χ3v) is 7.40. The molecule has 1 heterocycles. The Hall–Kier alpha value is -3.92. The molecule has 1 fully saturated rings. The molecule has 9 heteroatoms. The van der Waals surface area contributed by atoms with E-state index < -0.39 is 12.1 Å². The first-order chi connectivity index (χ1) is 19.7. The molecule has 4 rings (SSSR count). The third kappa shape index (κ3) is 7.43. The van der Waals surface area contributed by atoms with Crippen LogP contribution in [0.25, 0.3) is 11.1 Å². The quantitative estimate of drug-likeness (QED) is 0.331. The molecule has 0 aliphatic carbocycles. The molecule has 0 spiro atoms. The van der Waals surface area contributed by atoms with Gasteiger partial charge in [-0.3, -0.25) is 14.4 Å². The van der Waals surface area contributed by atoms with Crippen molar-refractivity contribution in [1.29, 1.82) is 0 Å². The Morgan fingerprint density at radius 3 is 2.51 bits per heavy atom. The van der Waals surface area contributed by atoms with Gasteiger partial charge in [-0.25, -0.2) is 0 Å². The van der Waals surface area contributed by atoms with Crippen LogP contribution in [0.15, 0.2) is 66.7 Å². The zero-order valence-corrected chi connectivity index (χ0v) is 24.4. The number of hydroxylamine groups is 2. The number of methoxy groups -OCH3 is 1. The molecular weight excluding hydrogens is 520 g/mol. The van der Waals surface area contributed by atoms with Crippen molar-refractivity contribution in [2.75, 3.05) is 46.3 Å². The topological polar surface area (TPSA) is 103 Å². The van der Waals surface area contributed by atoms with Gasteiger partial charge in [-0.05, 0) is 36.2 Å². The molecule has 1 aliphatic rings. The number of benzene rings is 3. The molecule has 3 atom stereocenters. The molecule has 3 aromatic carbocycles. The van der Waals surface area contributed by atoms with Gasteiger partial charge < -0.3 is 25.4 Å². The van der Waals surface area contributed by atoms with Crippen LogP contribution < -0.4 is 20.3 Å².